The summed E-state index contributed by atoms with van der Waals surface area (Å²) in [6.07, 6.45) is 8.98. The van der Waals surface area contributed by atoms with Crippen LogP contribution < -0.4 is 0 Å². The van der Waals surface area contributed by atoms with E-state index in [-0.39, 0.29) is 39.1 Å². The minimum atomic E-state index is -0.878. The molecule has 0 spiro atoms. The van der Waals surface area contributed by atoms with Gasteiger partial charge in [-0.15, -0.1) is 0 Å². The van der Waals surface area contributed by atoms with Gasteiger partial charge in [0.2, 0.25) is 0 Å². The molecule has 4 nitrogen and oxygen atoms in total. The van der Waals surface area contributed by atoms with Crippen molar-refractivity contribution in [2.75, 3.05) is 0 Å². The number of carboxylic acids is 1. The Hall–Kier alpha value is -0.870. The summed E-state index contributed by atoms with van der Waals surface area (Å²) >= 11 is 0. The lowest BCUT2D eigenvalue weighted by Crippen LogP contribution is -2.67. The van der Waals surface area contributed by atoms with Crippen molar-refractivity contribution in [2.24, 2.45) is 56.2 Å². The number of carbonyl (C=O) groups is 1. The van der Waals surface area contributed by atoms with E-state index in [0.717, 1.165) is 38.5 Å². The first-order chi connectivity index (χ1) is 16.0. The smallest absolute Gasteiger partial charge is 0.309 e. The molecule has 0 bridgehead atoms. The molecule has 0 aromatic carbocycles. The number of hydrogen-bond acceptors (Lipinski definition) is 3. The summed E-state index contributed by atoms with van der Waals surface area (Å²) in [5.41, 5.74) is 0.572. The van der Waals surface area contributed by atoms with Crippen LogP contribution in [0.25, 0.3) is 0 Å². The lowest BCUT2D eigenvalue weighted by Gasteiger charge is -2.73. The van der Waals surface area contributed by atoms with Crippen LogP contribution in [0.3, 0.4) is 0 Å². The van der Waals surface area contributed by atoms with Gasteiger partial charge in [-0.2, -0.15) is 0 Å². The molecule has 4 fully saturated rings. The second kappa shape index (κ2) is 7.37. The molecule has 0 radical (unpaired) electrons. The molecule has 11 atom stereocenters. The SMILES string of the molecule is C[C@@H]1C[C@@]2(C)[C@@H](O)C[C@@](C)(C(=O)O)C[C@H]2C2=CCC3[C@@]4(C)CC[C@@H](O)C(C)(C)C4CC[C@@]3(C)[C@@]21C. The molecule has 0 aromatic rings. The number of aliphatic hydroxyl groups is 2. The topological polar surface area (TPSA) is 77.8 Å². The van der Waals surface area contributed by atoms with E-state index >= 15 is 0 Å². The summed E-state index contributed by atoms with van der Waals surface area (Å²) in [4.78, 5) is 12.3. The Morgan fingerprint density at radius 3 is 2.14 bits per heavy atom. The predicted molar refractivity (Wildman–Crippen MR) is 139 cm³/mol. The fourth-order valence-electron chi connectivity index (χ4n) is 11.3. The Morgan fingerprint density at radius 2 is 1.51 bits per heavy atom. The number of rotatable bonds is 1. The van der Waals surface area contributed by atoms with Crippen LogP contribution in [0.5, 0.6) is 0 Å². The summed E-state index contributed by atoms with van der Waals surface area (Å²) in [6, 6.07) is 0. The molecule has 5 aliphatic carbocycles. The maximum Gasteiger partial charge on any atom is 0.309 e. The van der Waals surface area contributed by atoms with Crippen LogP contribution in [0.15, 0.2) is 11.6 Å². The maximum atomic E-state index is 12.3. The summed E-state index contributed by atoms with van der Waals surface area (Å²) in [6.45, 7) is 18.7. The van der Waals surface area contributed by atoms with Gasteiger partial charge >= 0.3 is 5.97 Å². The fraction of sp³-hybridized carbons (Fsp3) is 0.903. The van der Waals surface area contributed by atoms with E-state index in [1.165, 1.54) is 5.57 Å². The summed E-state index contributed by atoms with van der Waals surface area (Å²) in [7, 11) is 0. The highest BCUT2D eigenvalue weighted by molar-refractivity contribution is 5.74. The Kier molecular flexibility index (Phi) is 5.42. The molecule has 0 saturated heterocycles. The predicted octanol–water partition coefficient (Wildman–Crippen LogP) is 6.45. The highest BCUT2D eigenvalue weighted by Crippen LogP contribution is 2.76. The second-order valence-electron chi connectivity index (χ2n) is 15.5. The highest BCUT2D eigenvalue weighted by Gasteiger charge is 2.70. The van der Waals surface area contributed by atoms with Crippen molar-refractivity contribution in [3.05, 3.63) is 11.6 Å². The first-order valence-electron chi connectivity index (χ1n) is 14.3. The monoisotopic (exact) mass is 486 g/mol. The fourth-order valence-corrected chi connectivity index (χ4v) is 11.3. The number of hydrogen-bond donors (Lipinski definition) is 3. The van der Waals surface area contributed by atoms with Crippen molar-refractivity contribution in [3.8, 4) is 0 Å². The average molecular weight is 487 g/mol. The number of aliphatic hydroxyl groups excluding tert-OH is 2. The number of allylic oxidation sites excluding steroid dienone is 2. The third-order valence-corrected chi connectivity index (χ3v) is 13.9. The molecule has 4 saturated carbocycles. The van der Waals surface area contributed by atoms with E-state index in [4.69, 9.17) is 0 Å². The maximum absolute atomic E-state index is 12.3. The van der Waals surface area contributed by atoms with Crippen molar-refractivity contribution in [3.63, 3.8) is 0 Å². The molecule has 0 amide bonds. The molecule has 0 aliphatic heterocycles. The van der Waals surface area contributed by atoms with Crippen molar-refractivity contribution < 1.29 is 20.1 Å². The van der Waals surface area contributed by atoms with Crippen molar-refractivity contribution in [1.82, 2.24) is 0 Å². The van der Waals surface area contributed by atoms with E-state index in [1.54, 1.807) is 0 Å². The van der Waals surface area contributed by atoms with Crippen LogP contribution >= 0.6 is 0 Å². The molecule has 5 aliphatic rings. The largest absolute Gasteiger partial charge is 0.481 e. The minimum Gasteiger partial charge on any atom is -0.481 e. The van der Waals surface area contributed by atoms with Crippen LogP contribution in [-0.2, 0) is 4.79 Å². The Bertz CT molecular complexity index is 954. The number of fused-ring (bicyclic) bond motifs is 7. The van der Waals surface area contributed by atoms with Crippen LogP contribution in [0.2, 0.25) is 0 Å². The zero-order valence-electron chi connectivity index (χ0n) is 23.4. The molecule has 0 aromatic heterocycles. The quantitative estimate of drug-likeness (QED) is 0.372. The lowest BCUT2D eigenvalue weighted by atomic mass is 9.32. The molecule has 5 rings (SSSR count). The first kappa shape index (κ1) is 25.8. The van der Waals surface area contributed by atoms with Gasteiger partial charge in [0.25, 0.3) is 0 Å². The summed E-state index contributed by atoms with van der Waals surface area (Å²) in [5, 5.41) is 32.4. The Morgan fingerprint density at radius 1 is 0.857 bits per heavy atom. The standard InChI is InChI=1S/C31H50O4/c1-18-15-29(6)20(16-27(4,25(34)35)17-24(29)33)19-9-10-22-28(5)13-12-23(32)26(2,3)21(28)11-14-30(22,7)31(18,19)8/h9,18,20-24,32-33H,10-17H2,1-8H3,(H,34,35)/t18-,20+,21?,22?,23-,24+,27+,28+,29-,30-,31-/m1/s1. The van der Waals surface area contributed by atoms with Gasteiger partial charge in [0, 0.05) is 5.41 Å². The van der Waals surface area contributed by atoms with Gasteiger partial charge in [-0.3, -0.25) is 4.79 Å². The van der Waals surface area contributed by atoms with Gasteiger partial charge < -0.3 is 15.3 Å². The third kappa shape index (κ3) is 2.96. The van der Waals surface area contributed by atoms with Gasteiger partial charge in [-0.25, -0.2) is 0 Å². The zero-order chi connectivity index (χ0) is 26.0. The van der Waals surface area contributed by atoms with E-state index in [2.05, 4.69) is 54.5 Å². The second-order valence-corrected chi connectivity index (χ2v) is 15.5. The number of aliphatic carboxylic acids is 1. The summed E-state index contributed by atoms with van der Waals surface area (Å²) < 4.78 is 0. The minimum absolute atomic E-state index is 0.00917. The zero-order valence-corrected chi connectivity index (χ0v) is 23.4. The molecule has 35 heavy (non-hydrogen) atoms. The molecule has 198 valence electrons. The third-order valence-electron chi connectivity index (χ3n) is 13.9. The van der Waals surface area contributed by atoms with Crippen LogP contribution in [0, 0.1) is 56.2 Å². The van der Waals surface area contributed by atoms with Gasteiger partial charge in [0.15, 0.2) is 0 Å². The first-order valence-corrected chi connectivity index (χ1v) is 14.3. The molecular formula is C31H50O4. The molecular weight excluding hydrogens is 436 g/mol. The van der Waals surface area contributed by atoms with E-state index in [9.17, 15) is 20.1 Å². The van der Waals surface area contributed by atoms with Gasteiger partial charge in [0.1, 0.15) is 0 Å². The van der Waals surface area contributed by atoms with E-state index in [1.807, 2.05) is 6.92 Å². The van der Waals surface area contributed by atoms with Gasteiger partial charge in [-0.05, 0) is 104 Å². The van der Waals surface area contributed by atoms with Gasteiger partial charge in [0.05, 0.1) is 17.6 Å². The van der Waals surface area contributed by atoms with Crippen molar-refractivity contribution in [1.29, 1.82) is 0 Å². The molecule has 2 unspecified atom stereocenters. The van der Waals surface area contributed by atoms with E-state index < -0.39 is 17.5 Å². The highest BCUT2D eigenvalue weighted by atomic mass is 16.4. The Balaban J connectivity index is 1.62. The van der Waals surface area contributed by atoms with Crippen LogP contribution in [0.1, 0.15) is 107 Å². The lowest BCUT2D eigenvalue weighted by molar-refractivity contribution is -0.219. The molecule has 3 N–H and O–H groups in total. The molecule has 0 heterocycles. The van der Waals surface area contributed by atoms with Crippen molar-refractivity contribution >= 4 is 5.97 Å². The Labute approximate surface area is 213 Å². The average Bonchev–Trinajstić information content (AvgIpc) is 2.74. The van der Waals surface area contributed by atoms with Crippen LogP contribution in [0.4, 0.5) is 0 Å². The van der Waals surface area contributed by atoms with Crippen molar-refractivity contribution in [2.45, 2.75) is 119 Å². The van der Waals surface area contributed by atoms with Crippen LogP contribution in [-0.4, -0.2) is 33.5 Å². The molecule has 4 heteroatoms. The summed E-state index contributed by atoms with van der Waals surface area (Å²) in [5.74, 6) is 0.845. The van der Waals surface area contributed by atoms with E-state index in [0.29, 0.717) is 30.6 Å². The van der Waals surface area contributed by atoms with Gasteiger partial charge in [-0.1, -0.05) is 60.1 Å². The number of carboxylic acid groups (broad SMARTS) is 1. The normalized spacial score (nSPS) is 57.1.